The summed E-state index contributed by atoms with van der Waals surface area (Å²) in [6.07, 6.45) is 0. The van der Waals surface area contributed by atoms with E-state index in [-0.39, 0.29) is 0 Å². The summed E-state index contributed by atoms with van der Waals surface area (Å²) < 4.78 is 5.16. The molecule has 0 heterocycles. The Kier molecular flexibility index (Phi) is 6.50. The molecule has 0 aromatic heterocycles. The van der Waals surface area contributed by atoms with Gasteiger partial charge in [0.1, 0.15) is 11.8 Å². The average Bonchev–Trinajstić information content (AvgIpc) is 2.42. The second kappa shape index (κ2) is 7.88. The molecule has 1 atom stereocenters. The zero-order valence-corrected chi connectivity index (χ0v) is 13.1. The third kappa shape index (κ3) is 4.84. The van der Waals surface area contributed by atoms with Gasteiger partial charge in [0, 0.05) is 19.1 Å². The number of likely N-dealkylation sites (N-methyl/N-ethyl adjacent to an activating group) is 1. The Balaban J connectivity index is 2.71. The van der Waals surface area contributed by atoms with E-state index in [2.05, 4.69) is 44.2 Å². The standard InChI is InChI=1S/C16H25N3O/c1-12(2)15(11-19(3)4)18-10-13-6-7-16(20-5)14(8-13)9-17/h6-8,12,15,18H,10-11H2,1-5H3. The highest BCUT2D eigenvalue weighted by molar-refractivity contribution is 5.45. The van der Waals surface area contributed by atoms with Crippen molar-refractivity contribution in [2.75, 3.05) is 27.7 Å². The third-order valence-electron chi connectivity index (χ3n) is 3.32. The van der Waals surface area contributed by atoms with Crippen LogP contribution < -0.4 is 10.1 Å². The quantitative estimate of drug-likeness (QED) is 0.829. The minimum absolute atomic E-state index is 0.428. The van der Waals surface area contributed by atoms with Crippen LogP contribution in [0, 0.1) is 17.2 Å². The lowest BCUT2D eigenvalue weighted by atomic mass is 10.0. The Hall–Kier alpha value is -1.57. The minimum Gasteiger partial charge on any atom is -0.495 e. The van der Waals surface area contributed by atoms with Crippen LogP contribution in [-0.2, 0) is 6.54 Å². The molecule has 4 heteroatoms. The van der Waals surface area contributed by atoms with Gasteiger partial charge in [-0.05, 0) is 37.7 Å². The first-order valence-electron chi connectivity index (χ1n) is 6.93. The summed E-state index contributed by atoms with van der Waals surface area (Å²) in [4.78, 5) is 2.19. The summed E-state index contributed by atoms with van der Waals surface area (Å²) in [5, 5.41) is 12.7. The average molecular weight is 275 g/mol. The van der Waals surface area contributed by atoms with Gasteiger partial charge in [0.05, 0.1) is 12.7 Å². The van der Waals surface area contributed by atoms with Crippen LogP contribution in [-0.4, -0.2) is 38.7 Å². The molecule has 1 unspecified atom stereocenters. The summed E-state index contributed by atoms with van der Waals surface area (Å²) in [5.74, 6) is 1.19. The Labute approximate surface area is 122 Å². The van der Waals surface area contributed by atoms with Crippen molar-refractivity contribution < 1.29 is 4.74 Å². The normalized spacial score (nSPS) is 12.5. The molecule has 0 aliphatic carbocycles. The van der Waals surface area contributed by atoms with E-state index < -0.39 is 0 Å². The first kappa shape index (κ1) is 16.5. The molecule has 4 nitrogen and oxygen atoms in total. The number of rotatable bonds is 7. The first-order valence-corrected chi connectivity index (χ1v) is 6.93. The molecule has 0 fully saturated rings. The molecule has 110 valence electrons. The summed E-state index contributed by atoms with van der Waals surface area (Å²) in [5.41, 5.74) is 1.69. The fourth-order valence-corrected chi connectivity index (χ4v) is 2.11. The maximum absolute atomic E-state index is 9.10. The van der Waals surface area contributed by atoms with E-state index >= 15 is 0 Å². The summed E-state index contributed by atoms with van der Waals surface area (Å²) in [6, 6.07) is 8.34. The van der Waals surface area contributed by atoms with Crippen LogP contribution >= 0.6 is 0 Å². The molecular weight excluding hydrogens is 250 g/mol. The molecule has 0 bridgehead atoms. The molecule has 1 aromatic rings. The highest BCUT2D eigenvalue weighted by Gasteiger charge is 2.14. The maximum Gasteiger partial charge on any atom is 0.136 e. The van der Waals surface area contributed by atoms with Gasteiger partial charge < -0.3 is 15.0 Å². The molecular formula is C16H25N3O. The number of nitriles is 1. The fourth-order valence-electron chi connectivity index (χ4n) is 2.11. The highest BCUT2D eigenvalue weighted by atomic mass is 16.5. The fraction of sp³-hybridized carbons (Fsp3) is 0.562. The van der Waals surface area contributed by atoms with Crippen LogP contribution in [0.25, 0.3) is 0 Å². The number of nitrogens with zero attached hydrogens (tertiary/aromatic N) is 2. The van der Waals surface area contributed by atoms with Gasteiger partial charge in [-0.25, -0.2) is 0 Å². The Morgan fingerprint density at radius 1 is 1.35 bits per heavy atom. The van der Waals surface area contributed by atoms with Gasteiger partial charge in [-0.1, -0.05) is 19.9 Å². The summed E-state index contributed by atoms with van der Waals surface area (Å²) in [6.45, 7) is 6.19. The number of methoxy groups -OCH3 is 1. The van der Waals surface area contributed by atoms with Crippen LogP contribution in [0.5, 0.6) is 5.75 Å². The predicted octanol–water partition coefficient (Wildman–Crippen LogP) is 2.24. The van der Waals surface area contributed by atoms with Crippen LogP contribution in [0.3, 0.4) is 0 Å². The molecule has 0 saturated carbocycles. The van der Waals surface area contributed by atoms with E-state index in [0.717, 1.165) is 18.7 Å². The molecule has 1 aromatic carbocycles. The van der Waals surface area contributed by atoms with Crippen LogP contribution in [0.2, 0.25) is 0 Å². The number of hydrogen-bond donors (Lipinski definition) is 1. The highest BCUT2D eigenvalue weighted by Crippen LogP contribution is 2.19. The molecule has 0 radical (unpaired) electrons. The molecule has 0 saturated heterocycles. The third-order valence-corrected chi connectivity index (χ3v) is 3.32. The molecule has 0 amide bonds. The van der Waals surface area contributed by atoms with E-state index in [1.54, 1.807) is 7.11 Å². The van der Waals surface area contributed by atoms with Gasteiger partial charge in [0.15, 0.2) is 0 Å². The number of ether oxygens (including phenoxy) is 1. The van der Waals surface area contributed by atoms with Crippen molar-refractivity contribution in [2.45, 2.75) is 26.4 Å². The molecule has 1 N–H and O–H groups in total. The van der Waals surface area contributed by atoms with Gasteiger partial charge in [-0.15, -0.1) is 0 Å². The van der Waals surface area contributed by atoms with Gasteiger partial charge in [0.2, 0.25) is 0 Å². The van der Waals surface area contributed by atoms with E-state index in [1.807, 2.05) is 18.2 Å². The maximum atomic E-state index is 9.10. The Bertz CT molecular complexity index is 463. The van der Waals surface area contributed by atoms with E-state index in [9.17, 15) is 0 Å². The zero-order chi connectivity index (χ0) is 15.1. The topological polar surface area (TPSA) is 48.3 Å². The van der Waals surface area contributed by atoms with Gasteiger partial charge in [-0.2, -0.15) is 5.26 Å². The van der Waals surface area contributed by atoms with Crippen LogP contribution in [0.1, 0.15) is 25.0 Å². The largest absolute Gasteiger partial charge is 0.495 e. The van der Waals surface area contributed by atoms with Crippen LogP contribution in [0.4, 0.5) is 0 Å². The lowest BCUT2D eigenvalue weighted by Crippen LogP contribution is -2.41. The Morgan fingerprint density at radius 2 is 2.05 bits per heavy atom. The van der Waals surface area contributed by atoms with Gasteiger partial charge in [0.25, 0.3) is 0 Å². The molecule has 0 aliphatic rings. The SMILES string of the molecule is COc1ccc(CNC(CN(C)C)C(C)C)cc1C#N. The summed E-state index contributed by atoms with van der Waals surface area (Å²) in [7, 11) is 5.75. The minimum atomic E-state index is 0.428. The zero-order valence-electron chi connectivity index (χ0n) is 13.1. The van der Waals surface area contributed by atoms with Crippen molar-refractivity contribution in [1.29, 1.82) is 5.26 Å². The van der Waals surface area contributed by atoms with Crippen molar-refractivity contribution in [2.24, 2.45) is 5.92 Å². The van der Waals surface area contributed by atoms with Crippen molar-refractivity contribution >= 4 is 0 Å². The number of benzene rings is 1. The molecule has 20 heavy (non-hydrogen) atoms. The number of nitrogens with one attached hydrogen (secondary N) is 1. The van der Waals surface area contributed by atoms with E-state index in [1.165, 1.54) is 0 Å². The van der Waals surface area contributed by atoms with Crippen molar-refractivity contribution in [3.63, 3.8) is 0 Å². The predicted molar refractivity (Wildman–Crippen MR) is 81.7 cm³/mol. The van der Waals surface area contributed by atoms with Gasteiger partial charge >= 0.3 is 0 Å². The van der Waals surface area contributed by atoms with E-state index in [0.29, 0.717) is 23.3 Å². The van der Waals surface area contributed by atoms with Crippen molar-refractivity contribution in [3.05, 3.63) is 29.3 Å². The lowest BCUT2D eigenvalue weighted by molar-refractivity contribution is 0.288. The summed E-state index contributed by atoms with van der Waals surface area (Å²) >= 11 is 0. The van der Waals surface area contributed by atoms with E-state index in [4.69, 9.17) is 10.00 Å². The molecule has 1 rings (SSSR count). The smallest absolute Gasteiger partial charge is 0.136 e. The second-order valence-electron chi connectivity index (χ2n) is 5.64. The van der Waals surface area contributed by atoms with Crippen LogP contribution in [0.15, 0.2) is 18.2 Å². The Morgan fingerprint density at radius 3 is 2.55 bits per heavy atom. The second-order valence-corrected chi connectivity index (χ2v) is 5.64. The van der Waals surface area contributed by atoms with Crippen molar-refractivity contribution in [1.82, 2.24) is 10.2 Å². The lowest BCUT2D eigenvalue weighted by Gasteiger charge is -2.25. The first-order chi connectivity index (χ1) is 9.47. The molecule has 0 spiro atoms. The molecule has 0 aliphatic heterocycles. The number of hydrogen-bond acceptors (Lipinski definition) is 4. The van der Waals surface area contributed by atoms with Gasteiger partial charge in [-0.3, -0.25) is 0 Å². The van der Waals surface area contributed by atoms with Crippen molar-refractivity contribution in [3.8, 4) is 11.8 Å². The monoisotopic (exact) mass is 275 g/mol.